The highest BCUT2D eigenvalue weighted by Gasteiger charge is 2.17. The average Bonchev–Trinajstić information content (AvgIpc) is 2.88. The Hall–Kier alpha value is -2.02. The number of aromatic hydroxyl groups is 1. The van der Waals surface area contributed by atoms with Crippen LogP contribution in [0.5, 0.6) is 5.88 Å². The number of halogens is 2. The number of benzene rings is 2. The Labute approximate surface area is 149 Å². The molecular weight excluding hydrogens is 371 g/mol. The number of aromatic amines is 2. The first kappa shape index (κ1) is 16.8. The Morgan fingerprint density at radius 3 is 2.29 bits per heavy atom. The molecule has 1 atom stereocenters. The zero-order chi connectivity index (χ0) is 17.3. The maximum atomic E-state index is 12.8. The van der Waals surface area contributed by atoms with Crippen LogP contribution in [0.4, 0.5) is 0 Å². The number of hydrogen-bond donors (Lipinski definition) is 3. The van der Waals surface area contributed by atoms with Crippen molar-refractivity contribution in [3.05, 3.63) is 68.6 Å². The van der Waals surface area contributed by atoms with Crippen molar-refractivity contribution in [3.8, 4) is 17.1 Å². The van der Waals surface area contributed by atoms with Crippen LogP contribution in [0.25, 0.3) is 11.3 Å². The van der Waals surface area contributed by atoms with Crippen molar-refractivity contribution in [2.45, 2.75) is 10.6 Å². The molecule has 0 radical (unpaired) electrons. The minimum Gasteiger partial charge on any atom is -0.493 e. The van der Waals surface area contributed by atoms with Crippen LogP contribution in [0.1, 0.15) is 5.56 Å². The van der Waals surface area contributed by atoms with Gasteiger partial charge in [0.15, 0.2) is 0 Å². The lowest BCUT2D eigenvalue weighted by atomic mass is 10.1. The van der Waals surface area contributed by atoms with Crippen LogP contribution in [0, 0.1) is 0 Å². The predicted octanol–water partition coefficient (Wildman–Crippen LogP) is 3.69. The SMILES string of the molecule is O=c1[nH]c(O)c(-c2cc(Cl)ccc2S(=O)Cc2ccc(Cl)cc2)[nH]1. The maximum Gasteiger partial charge on any atom is 0.326 e. The van der Waals surface area contributed by atoms with Gasteiger partial charge < -0.3 is 10.1 Å². The molecule has 3 N–H and O–H groups in total. The number of hydrogen-bond acceptors (Lipinski definition) is 3. The van der Waals surface area contributed by atoms with Gasteiger partial charge in [-0.25, -0.2) is 4.79 Å². The van der Waals surface area contributed by atoms with Gasteiger partial charge in [-0.05, 0) is 35.9 Å². The summed E-state index contributed by atoms with van der Waals surface area (Å²) in [6.07, 6.45) is 0. The second kappa shape index (κ2) is 6.84. The number of aromatic nitrogens is 2. The van der Waals surface area contributed by atoms with E-state index in [9.17, 15) is 14.1 Å². The lowest BCUT2D eigenvalue weighted by molar-refractivity contribution is 0.457. The maximum absolute atomic E-state index is 12.8. The predicted molar refractivity (Wildman–Crippen MR) is 95.1 cm³/mol. The van der Waals surface area contributed by atoms with Gasteiger partial charge in [0.2, 0.25) is 5.88 Å². The zero-order valence-corrected chi connectivity index (χ0v) is 14.5. The Morgan fingerprint density at radius 1 is 1.00 bits per heavy atom. The molecule has 124 valence electrons. The Balaban J connectivity index is 2.01. The lowest BCUT2D eigenvalue weighted by Crippen LogP contribution is -2.02. The molecule has 24 heavy (non-hydrogen) atoms. The van der Waals surface area contributed by atoms with E-state index in [0.717, 1.165) is 5.56 Å². The molecule has 0 bridgehead atoms. The molecule has 8 heteroatoms. The molecule has 3 aromatic rings. The standard InChI is InChI=1S/C16H12Cl2N2O3S/c17-10-3-1-9(2-4-10)8-24(23)13-6-5-11(18)7-12(13)14-15(21)20-16(22)19-14/h1-7,21H,8H2,(H2,19,20,22). The third-order valence-corrected chi connectivity index (χ3v) is 5.30. The van der Waals surface area contributed by atoms with Crippen LogP contribution in [-0.2, 0) is 16.6 Å². The molecule has 0 saturated heterocycles. The van der Waals surface area contributed by atoms with Gasteiger partial charge in [-0.15, -0.1) is 0 Å². The minimum atomic E-state index is -1.41. The normalized spacial score (nSPS) is 12.2. The Morgan fingerprint density at radius 2 is 1.67 bits per heavy atom. The van der Waals surface area contributed by atoms with Crippen molar-refractivity contribution in [2.24, 2.45) is 0 Å². The van der Waals surface area contributed by atoms with Crippen LogP contribution in [0.3, 0.4) is 0 Å². The van der Waals surface area contributed by atoms with E-state index in [1.165, 1.54) is 0 Å². The van der Waals surface area contributed by atoms with Crippen molar-refractivity contribution < 1.29 is 9.32 Å². The van der Waals surface area contributed by atoms with Crippen LogP contribution >= 0.6 is 23.2 Å². The lowest BCUT2D eigenvalue weighted by Gasteiger charge is -2.09. The number of nitrogens with one attached hydrogen (secondary N) is 2. The number of rotatable bonds is 4. The summed E-state index contributed by atoms with van der Waals surface area (Å²) in [4.78, 5) is 16.6. The molecular formula is C16H12Cl2N2O3S. The average molecular weight is 383 g/mol. The van der Waals surface area contributed by atoms with Crippen LogP contribution < -0.4 is 5.69 Å². The number of H-pyrrole nitrogens is 2. The van der Waals surface area contributed by atoms with Gasteiger partial charge in [0.1, 0.15) is 5.69 Å². The molecule has 0 saturated carbocycles. The summed E-state index contributed by atoms with van der Waals surface area (Å²) in [5.41, 5.74) is 0.856. The Kier molecular flexibility index (Phi) is 4.80. The first-order valence-electron chi connectivity index (χ1n) is 6.88. The topological polar surface area (TPSA) is 85.9 Å². The fourth-order valence-electron chi connectivity index (χ4n) is 2.27. The molecule has 0 aliphatic heterocycles. The van der Waals surface area contributed by atoms with Gasteiger partial charge in [0.05, 0.1) is 16.6 Å². The highest BCUT2D eigenvalue weighted by atomic mass is 35.5. The van der Waals surface area contributed by atoms with Crippen molar-refractivity contribution in [1.29, 1.82) is 0 Å². The zero-order valence-electron chi connectivity index (χ0n) is 12.2. The van der Waals surface area contributed by atoms with Gasteiger partial charge >= 0.3 is 5.69 Å². The van der Waals surface area contributed by atoms with Crippen molar-refractivity contribution in [3.63, 3.8) is 0 Å². The van der Waals surface area contributed by atoms with Crippen LogP contribution in [-0.4, -0.2) is 19.3 Å². The fraction of sp³-hybridized carbons (Fsp3) is 0.0625. The summed E-state index contributed by atoms with van der Waals surface area (Å²) < 4.78 is 12.8. The fourth-order valence-corrected chi connectivity index (χ4v) is 3.85. The second-order valence-electron chi connectivity index (χ2n) is 5.06. The molecule has 0 fully saturated rings. The van der Waals surface area contributed by atoms with E-state index in [2.05, 4.69) is 9.97 Å². The quantitative estimate of drug-likeness (QED) is 0.642. The van der Waals surface area contributed by atoms with E-state index in [1.807, 2.05) is 0 Å². The summed E-state index contributed by atoms with van der Waals surface area (Å²) in [5.74, 6) is -0.0617. The van der Waals surface area contributed by atoms with E-state index in [1.54, 1.807) is 42.5 Å². The van der Waals surface area contributed by atoms with Gasteiger partial charge in [-0.3, -0.25) is 9.19 Å². The van der Waals surface area contributed by atoms with Crippen LogP contribution in [0.2, 0.25) is 10.0 Å². The van der Waals surface area contributed by atoms with Crippen molar-refractivity contribution in [1.82, 2.24) is 9.97 Å². The molecule has 3 rings (SSSR count). The van der Waals surface area contributed by atoms with E-state index in [-0.39, 0.29) is 17.3 Å². The van der Waals surface area contributed by atoms with E-state index in [0.29, 0.717) is 20.5 Å². The third kappa shape index (κ3) is 3.56. The van der Waals surface area contributed by atoms with E-state index >= 15 is 0 Å². The van der Waals surface area contributed by atoms with Gasteiger partial charge in [0.25, 0.3) is 0 Å². The Bertz CT molecular complexity index is 964. The molecule has 0 aliphatic rings. The first-order valence-corrected chi connectivity index (χ1v) is 8.95. The summed E-state index contributed by atoms with van der Waals surface area (Å²) >= 11 is 11.9. The molecule has 2 aromatic carbocycles. The molecule has 0 aliphatic carbocycles. The number of imidazole rings is 1. The molecule has 5 nitrogen and oxygen atoms in total. The van der Waals surface area contributed by atoms with Crippen molar-refractivity contribution >= 4 is 34.0 Å². The minimum absolute atomic E-state index is 0.155. The van der Waals surface area contributed by atoms with E-state index < -0.39 is 16.5 Å². The third-order valence-electron chi connectivity index (χ3n) is 3.37. The van der Waals surface area contributed by atoms with Gasteiger partial charge in [-0.2, -0.15) is 0 Å². The van der Waals surface area contributed by atoms with Crippen LogP contribution in [0.15, 0.2) is 52.2 Å². The van der Waals surface area contributed by atoms with E-state index in [4.69, 9.17) is 23.2 Å². The van der Waals surface area contributed by atoms with Gasteiger partial charge in [0, 0.05) is 20.5 Å². The molecule has 0 spiro atoms. The molecule has 1 aromatic heterocycles. The smallest absolute Gasteiger partial charge is 0.326 e. The monoisotopic (exact) mass is 382 g/mol. The molecule has 0 amide bonds. The highest BCUT2D eigenvalue weighted by molar-refractivity contribution is 7.84. The highest BCUT2D eigenvalue weighted by Crippen LogP contribution is 2.32. The summed E-state index contributed by atoms with van der Waals surface area (Å²) in [7, 11) is -1.41. The second-order valence-corrected chi connectivity index (χ2v) is 7.35. The largest absolute Gasteiger partial charge is 0.493 e. The summed E-state index contributed by atoms with van der Waals surface area (Å²) in [6.45, 7) is 0. The summed E-state index contributed by atoms with van der Waals surface area (Å²) in [6, 6.07) is 11.8. The molecule has 1 unspecified atom stereocenters. The van der Waals surface area contributed by atoms with Gasteiger partial charge in [-0.1, -0.05) is 35.3 Å². The van der Waals surface area contributed by atoms with Crippen molar-refractivity contribution in [2.75, 3.05) is 0 Å². The first-order chi connectivity index (χ1) is 11.4. The molecule has 1 heterocycles. The summed E-state index contributed by atoms with van der Waals surface area (Å²) in [5, 5.41) is 10.9.